The van der Waals surface area contributed by atoms with E-state index in [0.717, 1.165) is 17.5 Å². The van der Waals surface area contributed by atoms with Crippen molar-refractivity contribution in [3.63, 3.8) is 0 Å². The first-order valence-electron chi connectivity index (χ1n) is 6.25. The highest BCUT2D eigenvalue weighted by Crippen LogP contribution is 2.36. The summed E-state index contributed by atoms with van der Waals surface area (Å²) >= 11 is 0. The Morgan fingerprint density at radius 2 is 2.06 bits per heavy atom. The van der Waals surface area contributed by atoms with Crippen LogP contribution in [0.5, 0.6) is 0 Å². The predicted octanol–water partition coefficient (Wildman–Crippen LogP) is 1.22. The molecule has 0 spiro atoms. The van der Waals surface area contributed by atoms with Gasteiger partial charge in [0.25, 0.3) is 0 Å². The lowest BCUT2D eigenvalue weighted by atomic mass is 10.1. The van der Waals surface area contributed by atoms with Gasteiger partial charge in [-0.2, -0.15) is 0 Å². The van der Waals surface area contributed by atoms with Crippen LogP contribution in [0.1, 0.15) is 24.5 Å². The Bertz CT molecular complexity index is 513. The summed E-state index contributed by atoms with van der Waals surface area (Å²) in [5, 5.41) is 0. The quantitative estimate of drug-likeness (QED) is 0.815. The molecule has 0 aromatic heterocycles. The van der Waals surface area contributed by atoms with Gasteiger partial charge in [-0.15, -0.1) is 0 Å². The highest BCUT2D eigenvalue weighted by molar-refractivity contribution is 7.88. The molecule has 100 valence electrons. The topological polar surface area (TPSA) is 72.2 Å². The summed E-state index contributed by atoms with van der Waals surface area (Å²) in [6, 6.07) is 7.41. The van der Waals surface area contributed by atoms with Crippen molar-refractivity contribution in [3.05, 3.63) is 35.4 Å². The number of nitrogens with one attached hydrogen (secondary N) is 1. The van der Waals surface area contributed by atoms with E-state index in [1.54, 1.807) is 0 Å². The number of nitrogens with two attached hydrogens (primary N) is 1. The molecule has 1 aromatic rings. The van der Waals surface area contributed by atoms with Crippen LogP contribution in [0.2, 0.25) is 0 Å². The van der Waals surface area contributed by atoms with Gasteiger partial charge in [-0.25, -0.2) is 13.1 Å². The maximum Gasteiger partial charge on any atom is 0.215 e. The third kappa shape index (κ3) is 3.80. The Morgan fingerprint density at radius 1 is 1.39 bits per heavy atom. The summed E-state index contributed by atoms with van der Waals surface area (Å²) in [4.78, 5) is 0. The van der Waals surface area contributed by atoms with Crippen molar-refractivity contribution in [1.82, 2.24) is 4.72 Å². The minimum atomic E-state index is -3.23. The number of benzene rings is 1. The van der Waals surface area contributed by atoms with Crippen molar-refractivity contribution in [2.45, 2.75) is 25.6 Å². The van der Waals surface area contributed by atoms with E-state index in [-0.39, 0.29) is 5.75 Å². The first-order chi connectivity index (χ1) is 8.50. The molecule has 1 saturated carbocycles. The van der Waals surface area contributed by atoms with Crippen LogP contribution in [0, 0.1) is 11.8 Å². The highest BCUT2D eigenvalue weighted by atomic mass is 32.2. The van der Waals surface area contributed by atoms with Gasteiger partial charge in [0.2, 0.25) is 10.0 Å². The summed E-state index contributed by atoms with van der Waals surface area (Å²) in [7, 11) is -3.23. The van der Waals surface area contributed by atoms with E-state index < -0.39 is 10.0 Å². The number of hydrogen-bond acceptors (Lipinski definition) is 3. The Labute approximate surface area is 109 Å². The molecule has 2 rings (SSSR count). The van der Waals surface area contributed by atoms with E-state index in [9.17, 15) is 8.42 Å². The summed E-state index contributed by atoms with van der Waals surface area (Å²) in [5.41, 5.74) is 7.28. The van der Waals surface area contributed by atoms with Gasteiger partial charge in [-0.3, -0.25) is 0 Å². The van der Waals surface area contributed by atoms with Crippen LogP contribution >= 0.6 is 0 Å². The summed E-state index contributed by atoms with van der Waals surface area (Å²) in [6.45, 7) is 3.14. The van der Waals surface area contributed by atoms with Gasteiger partial charge in [0.15, 0.2) is 0 Å². The molecule has 0 amide bonds. The number of sulfonamides is 1. The molecule has 0 bridgehead atoms. The SMILES string of the molecule is CC1CC1CNS(=O)(=O)Cc1cccc(CN)c1. The Kier molecular flexibility index (Phi) is 4.04. The van der Waals surface area contributed by atoms with Crippen molar-refractivity contribution in [2.75, 3.05) is 6.54 Å². The Morgan fingerprint density at radius 3 is 2.67 bits per heavy atom. The predicted molar refractivity (Wildman–Crippen MR) is 72.2 cm³/mol. The van der Waals surface area contributed by atoms with Gasteiger partial charge in [0.05, 0.1) is 5.75 Å². The van der Waals surface area contributed by atoms with E-state index in [2.05, 4.69) is 11.6 Å². The van der Waals surface area contributed by atoms with Gasteiger partial charge in [0.1, 0.15) is 0 Å². The Balaban J connectivity index is 1.93. The average molecular weight is 268 g/mol. The molecule has 18 heavy (non-hydrogen) atoms. The summed E-state index contributed by atoms with van der Waals surface area (Å²) in [5.74, 6) is 1.21. The second-order valence-electron chi connectivity index (χ2n) is 5.10. The van der Waals surface area contributed by atoms with Crippen molar-refractivity contribution in [2.24, 2.45) is 17.6 Å². The van der Waals surface area contributed by atoms with E-state index >= 15 is 0 Å². The fraction of sp³-hybridized carbons (Fsp3) is 0.538. The Hall–Kier alpha value is -0.910. The third-order valence-corrected chi connectivity index (χ3v) is 4.75. The molecule has 4 nitrogen and oxygen atoms in total. The van der Waals surface area contributed by atoms with Gasteiger partial charge in [0, 0.05) is 13.1 Å². The van der Waals surface area contributed by atoms with Crippen LogP contribution in [0.3, 0.4) is 0 Å². The number of hydrogen-bond donors (Lipinski definition) is 2. The summed E-state index contributed by atoms with van der Waals surface area (Å²) in [6.07, 6.45) is 1.13. The molecule has 1 fully saturated rings. The molecule has 0 radical (unpaired) electrons. The monoisotopic (exact) mass is 268 g/mol. The molecule has 1 aliphatic carbocycles. The van der Waals surface area contributed by atoms with Crippen molar-refractivity contribution in [1.29, 1.82) is 0 Å². The molecule has 0 heterocycles. The molecule has 2 unspecified atom stereocenters. The van der Waals surface area contributed by atoms with Crippen LogP contribution in [0.4, 0.5) is 0 Å². The van der Waals surface area contributed by atoms with Gasteiger partial charge >= 0.3 is 0 Å². The lowest BCUT2D eigenvalue weighted by molar-refractivity contribution is 0.573. The van der Waals surface area contributed by atoms with E-state index in [1.165, 1.54) is 0 Å². The maximum atomic E-state index is 11.9. The minimum Gasteiger partial charge on any atom is -0.326 e. The van der Waals surface area contributed by atoms with Gasteiger partial charge in [-0.1, -0.05) is 31.2 Å². The van der Waals surface area contributed by atoms with Crippen LogP contribution in [-0.2, 0) is 22.3 Å². The standard InChI is InChI=1S/C13H20N2O2S/c1-10-5-13(10)8-15-18(16,17)9-12-4-2-3-11(6-12)7-14/h2-4,6,10,13,15H,5,7-9,14H2,1H3. The first-order valence-corrected chi connectivity index (χ1v) is 7.90. The van der Waals surface area contributed by atoms with Gasteiger partial charge < -0.3 is 5.73 Å². The summed E-state index contributed by atoms with van der Waals surface area (Å²) < 4.78 is 26.5. The van der Waals surface area contributed by atoms with Crippen molar-refractivity contribution >= 4 is 10.0 Å². The zero-order valence-electron chi connectivity index (χ0n) is 10.6. The zero-order chi connectivity index (χ0) is 13.2. The molecular formula is C13H20N2O2S. The molecule has 1 aromatic carbocycles. The molecule has 3 N–H and O–H groups in total. The fourth-order valence-corrected chi connectivity index (χ4v) is 3.22. The highest BCUT2D eigenvalue weighted by Gasteiger charge is 2.33. The largest absolute Gasteiger partial charge is 0.326 e. The van der Waals surface area contributed by atoms with E-state index in [1.807, 2.05) is 24.3 Å². The van der Waals surface area contributed by atoms with Gasteiger partial charge in [-0.05, 0) is 29.4 Å². The molecule has 2 atom stereocenters. The van der Waals surface area contributed by atoms with Crippen LogP contribution in [0.15, 0.2) is 24.3 Å². The van der Waals surface area contributed by atoms with E-state index in [4.69, 9.17) is 5.73 Å². The number of rotatable bonds is 6. The fourth-order valence-electron chi connectivity index (χ4n) is 2.03. The van der Waals surface area contributed by atoms with Crippen molar-refractivity contribution in [3.8, 4) is 0 Å². The van der Waals surface area contributed by atoms with Crippen molar-refractivity contribution < 1.29 is 8.42 Å². The molecule has 0 aliphatic heterocycles. The average Bonchev–Trinajstić information content (AvgIpc) is 3.03. The zero-order valence-corrected chi connectivity index (χ0v) is 11.4. The second-order valence-corrected chi connectivity index (χ2v) is 6.91. The first kappa shape index (κ1) is 13.5. The molecule has 1 aliphatic rings. The maximum absolute atomic E-state index is 11.9. The second kappa shape index (κ2) is 5.38. The normalized spacial score (nSPS) is 23.0. The lowest BCUT2D eigenvalue weighted by Gasteiger charge is -2.07. The van der Waals surface area contributed by atoms with Crippen LogP contribution in [0.25, 0.3) is 0 Å². The minimum absolute atomic E-state index is 0.0297. The molecule has 5 heteroatoms. The lowest BCUT2D eigenvalue weighted by Crippen LogP contribution is -2.27. The van der Waals surface area contributed by atoms with Crippen LogP contribution in [-0.4, -0.2) is 15.0 Å². The third-order valence-electron chi connectivity index (χ3n) is 3.43. The smallest absolute Gasteiger partial charge is 0.215 e. The van der Waals surface area contributed by atoms with E-state index in [0.29, 0.717) is 24.9 Å². The molecular weight excluding hydrogens is 248 g/mol. The molecule has 0 saturated heterocycles. The van der Waals surface area contributed by atoms with Crippen LogP contribution < -0.4 is 10.5 Å².